The number of nitrogens with zero attached hydrogens (tertiary/aromatic N) is 1. The maximum absolute atomic E-state index is 13.0. The minimum atomic E-state index is -2.68. The Morgan fingerprint density at radius 1 is 1.53 bits per heavy atom. The molecule has 1 N–H and O–H groups in total. The van der Waals surface area contributed by atoms with Crippen LogP contribution in [0.15, 0.2) is 0 Å². The second kappa shape index (κ2) is 5.39. The van der Waals surface area contributed by atoms with E-state index in [1.165, 1.54) is 4.90 Å². The van der Waals surface area contributed by atoms with Crippen LogP contribution in [-0.4, -0.2) is 43.4 Å². The van der Waals surface area contributed by atoms with Gasteiger partial charge in [0.25, 0.3) is 5.92 Å². The maximum atomic E-state index is 13.0. The third-order valence-corrected chi connectivity index (χ3v) is 2.56. The molecule has 0 spiro atoms. The summed E-state index contributed by atoms with van der Waals surface area (Å²) in [5.41, 5.74) is 0. The van der Waals surface area contributed by atoms with Crippen LogP contribution in [0, 0.1) is 0 Å². The van der Waals surface area contributed by atoms with E-state index < -0.39 is 12.5 Å². The summed E-state index contributed by atoms with van der Waals surface area (Å²) in [7, 11) is 1.81. The molecule has 0 aromatic heterocycles. The molecule has 1 amide bonds. The van der Waals surface area contributed by atoms with Gasteiger partial charge < -0.3 is 10.2 Å². The average molecular weight is 220 g/mol. The number of carbonyl (C=O) groups is 1. The van der Waals surface area contributed by atoms with Crippen LogP contribution in [0.3, 0.4) is 0 Å². The molecule has 1 heterocycles. The number of halogens is 2. The molecule has 0 bridgehead atoms. The van der Waals surface area contributed by atoms with Gasteiger partial charge in [-0.2, -0.15) is 0 Å². The van der Waals surface area contributed by atoms with E-state index in [9.17, 15) is 13.6 Å². The van der Waals surface area contributed by atoms with Crippen molar-refractivity contribution in [3.63, 3.8) is 0 Å². The van der Waals surface area contributed by atoms with Gasteiger partial charge in [-0.25, -0.2) is 8.78 Å². The molecule has 1 aliphatic heterocycles. The van der Waals surface area contributed by atoms with Gasteiger partial charge in [0.05, 0.1) is 6.54 Å². The first kappa shape index (κ1) is 12.4. The van der Waals surface area contributed by atoms with Gasteiger partial charge in [0.1, 0.15) is 0 Å². The van der Waals surface area contributed by atoms with Crippen LogP contribution in [0.4, 0.5) is 8.78 Å². The highest BCUT2D eigenvalue weighted by Crippen LogP contribution is 2.26. The molecule has 3 nitrogen and oxygen atoms in total. The van der Waals surface area contributed by atoms with Gasteiger partial charge in [-0.15, -0.1) is 0 Å². The van der Waals surface area contributed by atoms with Crippen molar-refractivity contribution in [2.45, 2.75) is 31.6 Å². The van der Waals surface area contributed by atoms with Gasteiger partial charge in [0.2, 0.25) is 5.91 Å². The van der Waals surface area contributed by atoms with Crippen LogP contribution >= 0.6 is 0 Å². The molecule has 5 heteroatoms. The summed E-state index contributed by atoms with van der Waals surface area (Å²) in [6, 6.07) is 0. The Balaban J connectivity index is 2.32. The molecular weight excluding hydrogens is 202 g/mol. The molecule has 0 radical (unpaired) electrons. The van der Waals surface area contributed by atoms with Crippen LogP contribution in [0.1, 0.15) is 25.7 Å². The largest absolute Gasteiger partial charge is 0.337 e. The van der Waals surface area contributed by atoms with Crippen LogP contribution in [0.25, 0.3) is 0 Å². The topological polar surface area (TPSA) is 32.3 Å². The van der Waals surface area contributed by atoms with Gasteiger partial charge in [0.15, 0.2) is 0 Å². The highest BCUT2D eigenvalue weighted by Gasteiger charge is 2.36. The molecule has 0 aromatic rings. The predicted octanol–water partition coefficient (Wildman–Crippen LogP) is 1.24. The molecule has 1 aliphatic rings. The normalized spacial score (nSPS) is 20.3. The number of carbonyl (C=O) groups excluding carboxylic acids is 1. The van der Waals surface area contributed by atoms with Crippen molar-refractivity contribution < 1.29 is 13.6 Å². The smallest absolute Gasteiger partial charge is 0.265 e. The molecule has 1 saturated heterocycles. The zero-order valence-electron chi connectivity index (χ0n) is 9.06. The lowest BCUT2D eigenvalue weighted by Gasteiger charge is -2.32. The summed E-state index contributed by atoms with van der Waals surface area (Å²) < 4.78 is 26.0. The van der Waals surface area contributed by atoms with E-state index in [1.807, 2.05) is 0 Å². The molecule has 0 aromatic carbocycles. The standard InChI is InChI=1S/C10H18F2N2O/c1-13-6-2-4-9(15)14-7-3-5-10(11,12)8-14/h13H,2-8H2,1H3. The highest BCUT2D eigenvalue weighted by molar-refractivity contribution is 5.76. The van der Waals surface area contributed by atoms with Crippen LogP contribution in [0.2, 0.25) is 0 Å². The Labute approximate surface area is 88.8 Å². The number of piperidine rings is 1. The Hall–Kier alpha value is -0.710. The van der Waals surface area contributed by atoms with Crippen molar-refractivity contribution in [3.05, 3.63) is 0 Å². The van der Waals surface area contributed by atoms with Crippen molar-refractivity contribution >= 4 is 5.91 Å². The Bertz CT molecular complexity index is 221. The van der Waals surface area contributed by atoms with Gasteiger partial charge >= 0.3 is 0 Å². The second-order valence-corrected chi connectivity index (χ2v) is 3.98. The SMILES string of the molecule is CNCCCC(=O)N1CCCC(F)(F)C1. The lowest BCUT2D eigenvalue weighted by atomic mass is 10.1. The number of alkyl halides is 2. The van der Waals surface area contributed by atoms with E-state index in [0.29, 0.717) is 25.8 Å². The van der Waals surface area contributed by atoms with E-state index in [0.717, 1.165) is 6.54 Å². The van der Waals surface area contributed by atoms with E-state index in [-0.39, 0.29) is 12.3 Å². The second-order valence-electron chi connectivity index (χ2n) is 3.98. The molecule has 0 atom stereocenters. The Kier molecular flexibility index (Phi) is 4.45. The fourth-order valence-corrected chi connectivity index (χ4v) is 1.75. The third kappa shape index (κ3) is 4.11. The lowest BCUT2D eigenvalue weighted by Crippen LogP contribution is -2.45. The highest BCUT2D eigenvalue weighted by atomic mass is 19.3. The van der Waals surface area contributed by atoms with Crippen molar-refractivity contribution in [1.29, 1.82) is 0 Å². The predicted molar refractivity (Wildman–Crippen MR) is 53.9 cm³/mol. The summed E-state index contributed by atoms with van der Waals surface area (Å²) in [4.78, 5) is 12.8. The monoisotopic (exact) mass is 220 g/mol. The molecule has 1 rings (SSSR count). The molecule has 0 saturated carbocycles. The summed E-state index contributed by atoms with van der Waals surface area (Å²) in [6.45, 7) is 0.829. The quantitative estimate of drug-likeness (QED) is 0.723. The van der Waals surface area contributed by atoms with Crippen molar-refractivity contribution in [3.8, 4) is 0 Å². The fourth-order valence-electron chi connectivity index (χ4n) is 1.75. The molecule has 1 fully saturated rings. The number of hydrogen-bond acceptors (Lipinski definition) is 2. The zero-order chi connectivity index (χ0) is 11.3. The molecule has 15 heavy (non-hydrogen) atoms. The Morgan fingerprint density at radius 3 is 2.87 bits per heavy atom. The Morgan fingerprint density at radius 2 is 2.27 bits per heavy atom. The minimum absolute atomic E-state index is 0.0900. The molecular formula is C10H18F2N2O. The van der Waals surface area contributed by atoms with Gasteiger partial charge in [-0.3, -0.25) is 4.79 Å². The van der Waals surface area contributed by atoms with E-state index in [4.69, 9.17) is 0 Å². The first-order chi connectivity index (χ1) is 7.05. The molecule has 0 unspecified atom stereocenters. The number of hydrogen-bond donors (Lipinski definition) is 1. The average Bonchev–Trinajstić information content (AvgIpc) is 2.16. The summed E-state index contributed by atoms with van der Waals surface area (Å²) in [6.07, 6.45) is 1.38. The van der Waals surface area contributed by atoms with Crippen molar-refractivity contribution in [2.24, 2.45) is 0 Å². The number of amides is 1. The van der Waals surface area contributed by atoms with E-state index in [1.54, 1.807) is 7.05 Å². The zero-order valence-corrected chi connectivity index (χ0v) is 9.06. The van der Waals surface area contributed by atoms with Crippen LogP contribution in [-0.2, 0) is 4.79 Å². The van der Waals surface area contributed by atoms with E-state index >= 15 is 0 Å². The van der Waals surface area contributed by atoms with Gasteiger partial charge in [-0.1, -0.05) is 0 Å². The van der Waals surface area contributed by atoms with Crippen molar-refractivity contribution in [2.75, 3.05) is 26.7 Å². The van der Waals surface area contributed by atoms with Crippen molar-refractivity contribution in [1.82, 2.24) is 10.2 Å². The van der Waals surface area contributed by atoms with Crippen LogP contribution < -0.4 is 5.32 Å². The summed E-state index contributed by atoms with van der Waals surface area (Å²) in [5, 5.41) is 2.92. The lowest BCUT2D eigenvalue weighted by molar-refractivity contribution is -0.141. The number of rotatable bonds is 4. The summed E-state index contributed by atoms with van der Waals surface area (Å²) >= 11 is 0. The minimum Gasteiger partial charge on any atom is -0.337 e. The van der Waals surface area contributed by atoms with Gasteiger partial charge in [-0.05, 0) is 26.4 Å². The summed E-state index contributed by atoms with van der Waals surface area (Å²) in [5.74, 6) is -2.83. The van der Waals surface area contributed by atoms with E-state index in [2.05, 4.69) is 5.32 Å². The maximum Gasteiger partial charge on any atom is 0.265 e. The molecule has 88 valence electrons. The third-order valence-electron chi connectivity index (χ3n) is 2.56. The first-order valence-corrected chi connectivity index (χ1v) is 5.35. The first-order valence-electron chi connectivity index (χ1n) is 5.35. The number of nitrogens with one attached hydrogen (secondary N) is 1. The van der Waals surface area contributed by atoms with Crippen LogP contribution in [0.5, 0.6) is 0 Å². The number of likely N-dealkylation sites (tertiary alicyclic amines) is 1. The van der Waals surface area contributed by atoms with Gasteiger partial charge in [0, 0.05) is 19.4 Å². The molecule has 0 aliphatic carbocycles. The fraction of sp³-hybridized carbons (Fsp3) is 0.900.